The highest BCUT2D eigenvalue weighted by molar-refractivity contribution is 5.83. The van der Waals surface area contributed by atoms with Crippen molar-refractivity contribution in [1.82, 2.24) is 5.32 Å². The highest BCUT2D eigenvalue weighted by Gasteiger charge is 2.07. The van der Waals surface area contributed by atoms with Gasteiger partial charge in [-0.2, -0.15) is 0 Å². The van der Waals surface area contributed by atoms with Crippen LogP contribution < -0.4 is 14.8 Å². The maximum Gasteiger partial charge on any atom is 0.161 e. The lowest BCUT2D eigenvalue weighted by molar-refractivity contribution is 0.354. The maximum atomic E-state index is 5.27. The number of amidine groups is 1. The van der Waals surface area contributed by atoms with E-state index in [1.54, 1.807) is 14.2 Å². The van der Waals surface area contributed by atoms with Crippen LogP contribution in [0.15, 0.2) is 23.2 Å². The van der Waals surface area contributed by atoms with Gasteiger partial charge in [0.25, 0.3) is 0 Å². The predicted molar refractivity (Wildman–Crippen MR) is 67.9 cm³/mol. The van der Waals surface area contributed by atoms with E-state index >= 15 is 0 Å². The molecule has 0 saturated carbocycles. The monoisotopic (exact) mass is 234 g/mol. The Bertz CT molecular complexity index is 416. The molecule has 4 heteroatoms. The van der Waals surface area contributed by atoms with Crippen molar-refractivity contribution in [1.29, 1.82) is 0 Å². The molecule has 0 unspecified atom stereocenters. The number of aliphatic imine (C=N–C) groups is 1. The second-order valence-corrected chi connectivity index (χ2v) is 3.97. The third-order valence-electron chi connectivity index (χ3n) is 2.82. The molecule has 17 heavy (non-hydrogen) atoms. The minimum Gasteiger partial charge on any atom is -0.493 e. The van der Waals surface area contributed by atoms with Gasteiger partial charge in [0.15, 0.2) is 11.5 Å². The van der Waals surface area contributed by atoms with E-state index < -0.39 is 0 Å². The number of nitrogens with one attached hydrogen (secondary N) is 1. The molecular weight excluding hydrogens is 216 g/mol. The van der Waals surface area contributed by atoms with Crippen LogP contribution in [-0.4, -0.2) is 26.6 Å². The van der Waals surface area contributed by atoms with Crippen molar-refractivity contribution >= 4 is 5.84 Å². The van der Waals surface area contributed by atoms with Crippen LogP contribution in [0, 0.1) is 0 Å². The Morgan fingerprint density at radius 1 is 1.24 bits per heavy atom. The molecule has 1 aromatic rings. The van der Waals surface area contributed by atoms with E-state index in [-0.39, 0.29) is 0 Å². The van der Waals surface area contributed by atoms with Crippen molar-refractivity contribution < 1.29 is 9.47 Å². The molecule has 0 fully saturated rings. The zero-order valence-corrected chi connectivity index (χ0v) is 10.3. The van der Waals surface area contributed by atoms with Crippen molar-refractivity contribution in [2.24, 2.45) is 4.99 Å². The molecule has 1 aromatic carbocycles. The highest BCUT2D eigenvalue weighted by Crippen LogP contribution is 2.27. The van der Waals surface area contributed by atoms with Gasteiger partial charge in [0.05, 0.1) is 20.1 Å². The van der Waals surface area contributed by atoms with Crippen molar-refractivity contribution in [3.63, 3.8) is 0 Å². The van der Waals surface area contributed by atoms with Crippen LogP contribution in [0.3, 0.4) is 0 Å². The van der Waals surface area contributed by atoms with E-state index in [4.69, 9.17) is 9.47 Å². The number of nitrogens with zero attached hydrogens (tertiary/aromatic N) is 1. The smallest absolute Gasteiger partial charge is 0.161 e. The van der Waals surface area contributed by atoms with Crippen molar-refractivity contribution in [2.45, 2.75) is 19.4 Å². The van der Waals surface area contributed by atoms with Gasteiger partial charge in [0.1, 0.15) is 0 Å². The minimum absolute atomic E-state index is 0.759. The molecule has 1 N–H and O–H groups in total. The zero-order valence-electron chi connectivity index (χ0n) is 10.3. The average molecular weight is 234 g/mol. The predicted octanol–water partition coefficient (Wildman–Crippen LogP) is 1.99. The summed E-state index contributed by atoms with van der Waals surface area (Å²) >= 11 is 0. The molecule has 1 heterocycles. The van der Waals surface area contributed by atoms with E-state index in [9.17, 15) is 0 Å². The second kappa shape index (κ2) is 5.57. The summed E-state index contributed by atoms with van der Waals surface area (Å²) in [6.07, 6.45) is 2.22. The Balaban J connectivity index is 2.00. The molecular formula is C13H18N2O2. The van der Waals surface area contributed by atoms with Gasteiger partial charge in [-0.25, -0.2) is 0 Å². The van der Waals surface area contributed by atoms with Crippen LogP contribution in [0.2, 0.25) is 0 Å². The van der Waals surface area contributed by atoms with Gasteiger partial charge >= 0.3 is 0 Å². The van der Waals surface area contributed by atoms with Gasteiger partial charge in [-0.3, -0.25) is 4.99 Å². The molecule has 92 valence electrons. The van der Waals surface area contributed by atoms with Crippen molar-refractivity contribution in [3.8, 4) is 11.5 Å². The Hall–Kier alpha value is -1.71. The molecule has 0 spiro atoms. The van der Waals surface area contributed by atoms with Crippen molar-refractivity contribution in [3.05, 3.63) is 23.8 Å². The molecule has 0 amide bonds. The van der Waals surface area contributed by atoms with Crippen LogP contribution in [-0.2, 0) is 6.54 Å². The summed E-state index contributed by atoms with van der Waals surface area (Å²) in [6, 6.07) is 5.94. The second-order valence-electron chi connectivity index (χ2n) is 3.97. The largest absolute Gasteiger partial charge is 0.493 e. The van der Waals surface area contributed by atoms with E-state index in [1.165, 1.54) is 0 Å². The fourth-order valence-electron chi connectivity index (χ4n) is 1.88. The van der Waals surface area contributed by atoms with Crippen LogP contribution in [0.25, 0.3) is 0 Å². The molecule has 1 aliphatic rings. The van der Waals surface area contributed by atoms with Crippen LogP contribution in [0.4, 0.5) is 0 Å². The molecule has 0 bridgehead atoms. The summed E-state index contributed by atoms with van der Waals surface area (Å²) in [6.45, 7) is 1.73. The van der Waals surface area contributed by atoms with Gasteiger partial charge in [-0.15, -0.1) is 0 Å². The van der Waals surface area contributed by atoms with E-state index in [0.29, 0.717) is 0 Å². The lowest BCUT2D eigenvalue weighted by Crippen LogP contribution is -2.20. The minimum atomic E-state index is 0.759. The van der Waals surface area contributed by atoms with Gasteiger partial charge in [-0.1, -0.05) is 6.07 Å². The van der Waals surface area contributed by atoms with Gasteiger partial charge in [-0.05, 0) is 24.1 Å². The first-order valence-electron chi connectivity index (χ1n) is 5.81. The van der Waals surface area contributed by atoms with E-state index in [1.807, 2.05) is 18.2 Å². The fourth-order valence-corrected chi connectivity index (χ4v) is 1.88. The summed E-state index contributed by atoms with van der Waals surface area (Å²) in [4.78, 5) is 4.38. The molecule has 1 aliphatic heterocycles. The first kappa shape index (κ1) is 11.8. The standard InChI is InChI=1S/C13H18N2O2/c1-16-11-6-5-10(8-12(11)17-2)9-15-13-4-3-7-14-13/h5-6,8H,3-4,7,9H2,1-2H3,(H,14,15). The van der Waals surface area contributed by atoms with Crippen LogP contribution in [0.5, 0.6) is 11.5 Å². The number of rotatable bonds is 4. The molecule has 0 atom stereocenters. The molecule has 4 nitrogen and oxygen atoms in total. The van der Waals surface area contributed by atoms with Gasteiger partial charge in [0, 0.05) is 19.5 Å². The normalized spacial score (nSPS) is 14.4. The number of benzene rings is 1. The molecule has 0 radical (unpaired) electrons. The highest BCUT2D eigenvalue weighted by atomic mass is 16.5. The summed E-state index contributed by atoms with van der Waals surface area (Å²) in [5.41, 5.74) is 1.16. The molecule has 0 saturated heterocycles. The summed E-state index contributed by atoms with van der Waals surface area (Å²) in [5.74, 6) is 2.63. The molecule has 0 aromatic heterocycles. The van der Waals surface area contributed by atoms with Crippen molar-refractivity contribution in [2.75, 3.05) is 20.8 Å². The number of ether oxygens (including phenoxy) is 2. The molecule has 2 rings (SSSR count). The number of methoxy groups -OCH3 is 2. The Kier molecular flexibility index (Phi) is 3.85. The Morgan fingerprint density at radius 2 is 2.06 bits per heavy atom. The first-order chi connectivity index (χ1) is 8.33. The third kappa shape index (κ3) is 2.90. The fraction of sp³-hybridized carbons (Fsp3) is 0.462. The third-order valence-corrected chi connectivity index (χ3v) is 2.82. The van der Waals surface area contributed by atoms with E-state index in [2.05, 4.69) is 10.3 Å². The lowest BCUT2D eigenvalue weighted by atomic mass is 10.2. The van der Waals surface area contributed by atoms with Crippen LogP contribution in [0.1, 0.15) is 18.4 Å². The first-order valence-corrected chi connectivity index (χ1v) is 5.81. The van der Waals surface area contributed by atoms with Crippen LogP contribution >= 0.6 is 0 Å². The summed E-state index contributed by atoms with van der Waals surface area (Å²) in [5, 5.41) is 3.34. The van der Waals surface area contributed by atoms with Gasteiger partial charge in [0.2, 0.25) is 0 Å². The Labute approximate surface area is 102 Å². The average Bonchev–Trinajstić information content (AvgIpc) is 2.89. The molecule has 0 aliphatic carbocycles. The van der Waals surface area contributed by atoms with E-state index in [0.717, 1.165) is 48.8 Å². The lowest BCUT2D eigenvalue weighted by Gasteiger charge is -2.10. The number of hydrogen-bond donors (Lipinski definition) is 1. The maximum absolute atomic E-state index is 5.27. The SMILES string of the molecule is COc1ccc(CNC2=NCCC2)cc1OC. The number of hydrogen-bond acceptors (Lipinski definition) is 4. The summed E-state index contributed by atoms with van der Waals surface area (Å²) in [7, 11) is 3.29. The Morgan fingerprint density at radius 3 is 2.71 bits per heavy atom. The topological polar surface area (TPSA) is 42.8 Å². The van der Waals surface area contributed by atoms with Gasteiger partial charge < -0.3 is 14.8 Å². The zero-order chi connectivity index (χ0) is 12.1. The summed E-state index contributed by atoms with van der Waals surface area (Å²) < 4.78 is 10.5. The quantitative estimate of drug-likeness (QED) is 0.866.